The van der Waals surface area contributed by atoms with Crippen LogP contribution in [0.3, 0.4) is 0 Å². The lowest BCUT2D eigenvalue weighted by molar-refractivity contribution is 0.175. The van der Waals surface area contributed by atoms with Crippen molar-refractivity contribution in [3.8, 4) is 6.07 Å². The fraction of sp³-hybridized carbons (Fsp3) is 0.375. The number of benzene rings is 1. The van der Waals surface area contributed by atoms with E-state index in [1.54, 1.807) is 6.20 Å². The predicted molar refractivity (Wildman–Crippen MR) is 88.5 cm³/mol. The SMILES string of the molecule is COC[C@@H](CS(=O)(=O)Cc1cnc2ccccc2c1)NCC#N. The van der Waals surface area contributed by atoms with E-state index in [1.807, 2.05) is 36.4 Å². The molecule has 0 radical (unpaired) electrons. The summed E-state index contributed by atoms with van der Waals surface area (Å²) in [4.78, 5) is 4.28. The summed E-state index contributed by atoms with van der Waals surface area (Å²) < 4.78 is 29.8. The topological polar surface area (TPSA) is 92.1 Å². The number of sulfone groups is 1. The van der Waals surface area contributed by atoms with Gasteiger partial charge in [-0.3, -0.25) is 10.3 Å². The molecular formula is C16H19N3O3S. The summed E-state index contributed by atoms with van der Waals surface area (Å²) in [6.45, 7) is 0.317. The fourth-order valence-electron chi connectivity index (χ4n) is 2.37. The third kappa shape index (κ3) is 5.28. The van der Waals surface area contributed by atoms with Crippen molar-refractivity contribution < 1.29 is 13.2 Å². The van der Waals surface area contributed by atoms with Crippen LogP contribution in [0, 0.1) is 11.3 Å². The van der Waals surface area contributed by atoms with Crippen molar-refractivity contribution >= 4 is 20.7 Å². The molecule has 2 aromatic rings. The molecule has 0 fully saturated rings. The minimum Gasteiger partial charge on any atom is -0.383 e. The molecule has 7 heteroatoms. The van der Waals surface area contributed by atoms with Crippen molar-refractivity contribution in [2.45, 2.75) is 11.8 Å². The zero-order chi connectivity index (χ0) is 16.7. The van der Waals surface area contributed by atoms with Gasteiger partial charge < -0.3 is 4.74 Å². The minimum atomic E-state index is -3.35. The Kier molecular flexibility index (Phi) is 6.04. The van der Waals surface area contributed by atoms with Crippen LogP contribution in [0.5, 0.6) is 0 Å². The van der Waals surface area contributed by atoms with Gasteiger partial charge in [0.2, 0.25) is 0 Å². The lowest BCUT2D eigenvalue weighted by Gasteiger charge is -2.16. The Hall–Kier alpha value is -2.01. The van der Waals surface area contributed by atoms with Crippen molar-refractivity contribution in [2.75, 3.05) is 26.0 Å². The molecule has 0 saturated heterocycles. The van der Waals surface area contributed by atoms with Crippen LogP contribution < -0.4 is 5.32 Å². The third-order valence-corrected chi connectivity index (χ3v) is 5.01. The average molecular weight is 333 g/mol. The van der Waals surface area contributed by atoms with Gasteiger partial charge in [0.15, 0.2) is 9.84 Å². The number of hydrogen-bond donors (Lipinski definition) is 1. The van der Waals surface area contributed by atoms with Crippen molar-refractivity contribution in [1.29, 1.82) is 5.26 Å². The van der Waals surface area contributed by atoms with Crippen LogP contribution in [0.25, 0.3) is 10.9 Å². The first-order valence-corrected chi connectivity index (χ1v) is 8.99. The highest BCUT2D eigenvalue weighted by Crippen LogP contribution is 2.15. The lowest BCUT2D eigenvalue weighted by Crippen LogP contribution is -2.39. The highest BCUT2D eigenvalue weighted by molar-refractivity contribution is 7.90. The van der Waals surface area contributed by atoms with E-state index in [1.165, 1.54) is 7.11 Å². The van der Waals surface area contributed by atoms with E-state index >= 15 is 0 Å². The van der Waals surface area contributed by atoms with Crippen LogP contribution in [-0.2, 0) is 20.3 Å². The summed E-state index contributed by atoms with van der Waals surface area (Å²) in [5, 5.41) is 12.4. The van der Waals surface area contributed by atoms with Gasteiger partial charge in [-0.05, 0) is 17.7 Å². The summed E-state index contributed by atoms with van der Waals surface area (Å²) in [6.07, 6.45) is 1.59. The van der Waals surface area contributed by atoms with Crippen LogP contribution in [0.2, 0.25) is 0 Å². The Morgan fingerprint density at radius 2 is 2.17 bits per heavy atom. The number of nitrogens with one attached hydrogen (secondary N) is 1. The first-order chi connectivity index (χ1) is 11.0. The summed E-state index contributed by atoms with van der Waals surface area (Å²) in [6, 6.07) is 10.9. The van der Waals surface area contributed by atoms with E-state index in [4.69, 9.17) is 10.00 Å². The van der Waals surface area contributed by atoms with Gasteiger partial charge in [0, 0.05) is 24.7 Å². The van der Waals surface area contributed by atoms with E-state index in [-0.39, 0.29) is 24.7 Å². The van der Waals surface area contributed by atoms with Crippen LogP contribution in [0.15, 0.2) is 36.5 Å². The number of rotatable bonds is 8. The third-order valence-electron chi connectivity index (χ3n) is 3.33. The van der Waals surface area contributed by atoms with E-state index < -0.39 is 15.9 Å². The molecule has 0 aliphatic rings. The first kappa shape index (κ1) is 17.3. The number of ether oxygens (including phenoxy) is 1. The monoisotopic (exact) mass is 333 g/mol. The zero-order valence-corrected chi connectivity index (χ0v) is 13.7. The Balaban J connectivity index is 2.10. The number of aromatic nitrogens is 1. The molecule has 2 rings (SSSR count). The van der Waals surface area contributed by atoms with Gasteiger partial charge in [-0.25, -0.2) is 8.42 Å². The molecule has 1 heterocycles. The molecule has 0 spiro atoms. The van der Waals surface area contributed by atoms with Gasteiger partial charge in [0.1, 0.15) is 0 Å². The van der Waals surface area contributed by atoms with Crippen LogP contribution in [0.1, 0.15) is 5.56 Å². The van der Waals surface area contributed by atoms with Crippen LogP contribution in [0.4, 0.5) is 0 Å². The lowest BCUT2D eigenvalue weighted by atomic mass is 10.2. The molecule has 122 valence electrons. The van der Waals surface area contributed by atoms with Crippen molar-refractivity contribution in [1.82, 2.24) is 10.3 Å². The average Bonchev–Trinajstić information content (AvgIpc) is 2.52. The minimum absolute atomic E-state index is 0.0840. The second-order valence-electron chi connectivity index (χ2n) is 5.28. The number of hydrogen-bond acceptors (Lipinski definition) is 6. The number of nitriles is 1. The smallest absolute Gasteiger partial charge is 0.156 e. The second kappa shape index (κ2) is 8.02. The zero-order valence-electron chi connectivity index (χ0n) is 12.9. The van der Waals surface area contributed by atoms with Gasteiger partial charge in [-0.1, -0.05) is 18.2 Å². The van der Waals surface area contributed by atoms with Crippen molar-refractivity contribution in [3.05, 3.63) is 42.1 Å². The Labute approximate surface area is 136 Å². The van der Waals surface area contributed by atoms with Gasteiger partial charge in [0.05, 0.1) is 36.2 Å². The molecular weight excluding hydrogens is 314 g/mol. The molecule has 0 saturated carbocycles. The normalized spacial score (nSPS) is 12.9. The molecule has 1 aromatic carbocycles. The van der Waals surface area contributed by atoms with Gasteiger partial charge in [-0.15, -0.1) is 0 Å². The number of fused-ring (bicyclic) bond motifs is 1. The van der Waals surface area contributed by atoms with Gasteiger partial charge in [-0.2, -0.15) is 5.26 Å². The predicted octanol–water partition coefficient (Wildman–Crippen LogP) is 1.28. The molecule has 23 heavy (non-hydrogen) atoms. The van der Waals surface area contributed by atoms with Crippen molar-refractivity contribution in [3.63, 3.8) is 0 Å². The Morgan fingerprint density at radius 3 is 2.91 bits per heavy atom. The molecule has 0 bridgehead atoms. The largest absolute Gasteiger partial charge is 0.383 e. The highest BCUT2D eigenvalue weighted by atomic mass is 32.2. The molecule has 1 atom stereocenters. The number of methoxy groups -OCH3 is 1. The van der Waals surface area contributed by atoms with E-state index in [2.05, 4.69) is 10.3 Å². The van der Waals surface area contributed by atoms with Crippen LogP contribution in [-0.4, -0.2) is 45.5 Å². The second-order valence-corrected chi connectivity index (χ2v) is 7.39. The van der Waals surface area contributed by atoms with E-state index in [0.717, 1.165) is 10.9 Å². The maximum Gasteiger partial charge on any atom is 0.156 e. The summed E-state index contributed by atoms with van der Waals surface area (Å²) >= 11 is 0. The Bertz CT molecular complexity index is 800. The Morgan fingerprint density at radius 1 is 1.39 bits per heavy atom. The molecule has 1 aromatic heterocycles. The molecule has 0 unspecified atom stereocenters. The fourth-order valence-corrected chi connectivity index (χ4v) is 3.98. The maximum absolute atomic E-state index is 12.4. The maximum atomic E-state index is 12.4. The summed E-state index contributed by atoms with van der Waals surface area (Å²) in [5.74, 6) is -0.172. The molecule has 6 nitrogen and oxygen atoms in total. The van der Waals surface area contributed by atoms with Gasteiger partial charge in [0.25, 0.3) is 0 Å². The standard InChI is InChI=1S/C16H19N3O3S/c1-22-10-15(18-7-6-17)12-23(20,21)11-13-8-14-4-2-3-5-16(14)19-9-13/h2-5,8-9,15,18H,7,10-12H2,1H3/t15-/m0/s1. The number of pyridine rings is 1. The molecule has 0 aliphatic carbocycles. The summed E-state index contributed by atoms with van der Waals surface area (Å²) in [5.41, 5.74) is 1.49. The summed E-state index contributed by atoms with van der Waals surface area (Å²) in [7, 11) is -1.85. The molecule has 0 aliphatic heterocycles. The van der Waals surface area contributed by atoms with E-state index in [9.17, 15) is 8.42 Å². The molecule has 1 N–H and O–H groups in total. The van der Waals surface area contributed by atoms with Gasteiger partial charge >= 0.3 is 0 Å². The number of para-hydroxylation sites is 1. The van der Waals surface area contributed by atoms with Crippen LogP contribution >= 0.6 is 0 Å². The van der Waals surface area contributed by atoms with E-state index in [0.29, 0.717) is 5.56 Å². The number of nitrogens with zero attached hydrogens (tertiary/aromatic N) is 2. The van der Waals surface area contributed by atoms with Crippen molar-refractivity contribution in [2.24, 2.45) is 0 Å². The quantitative estimate of drug-likeness (QED) is 0.732. The highest BCUT2D eigenvalue weighted by Gasteiger charge is 2.20. The first-order valence-electron chi connectivity index (χ1n) is 7.17. The molecule has 0 amide bonds.